The molecule has 2 aromatic rings. The molecule has 106 valence electrons. The van der Waals surface area contributed by atoms with Gasteiger partial charge in [0.05, 0.1) is 0 Å². The fourth-order valence-corrected chi connectivity index (χ4v) is 2.84. The third kappa shape index (κ3) is 2.19. The Hall–Kier alpha value is -1.52. The van der Waals surface area contributed by atoms with Gasteiger partial charge in [0.25, 0.3) is 5.91 Å². The van der Waals surface area contributed by atoms with Crippen molar-refractivity contribution in [2.45, 2.75) is 19.9 Å². The summed E-state index contributed by atoms with van der Waals surface area (Å²) >= 11 is 6.01. The average Bonchev–Trinajstić information content (AvgIpc) is 2.76. The Morgan fingerprint density at radius 1 is 1.50 bits per heavy atom. The van der Waals surface area contributed by atoms with Crippen LogP contribution in [0.5, 0.6) is 0 Å². The lowest BCUT2D eigenvalue weighted by Crippen LogP contribution is -2.52. The molecule has 1 aliphatic heterocycles. The van der Waals surface area contributed by atoms with Crippen LogP contribution in [0.2, 0.25) is 5.02 Å². The summed E-state index contributed by atoms with van der Waals surface area (Å²) in [7, 11) is 0. The molecule has 1 aromatic carbocycles. The van der Waals surface area contributed by atoms with E-state index in [4.69, 9.17) is 16.0 Å². The van der Waals surface area contributed by atoms with E-state index >= 15 is 0 Å². The van der Waals surface area contributed by atoms with E-state index in [2.05, 4.69) is 5.32 Å². The van der Waals surface area contributed by atoms with Gasteiger partial charge in [0, 0.05) is 41.6 Å². The Morgan fingerprint density at radius 3 is 3.05 bits per heavy atom. The lowest BCUT2D eigenvalue weighted by Gasteiger charge is -2.33. The minimum absolute atomic E-state index is 0.0381. The van der Waals surface area contributed by atoms with Crippen LogP contribution in [-0.4, -0.2) is 36.5 Å². The molecule has 1 unspecified atom stereocenters. The topological polar surface area (TPSA) is 45.5 Å². The Bertz CT molecular complexity index is 665. The predicted octanol–water partition coefficient (Wildman–Crippen LogP) is 2.83. The average molecular weight is 293 g/mol. The number of nitrogens with one attached hydrogen (secondary N) is 1. The van der Waals surface area contributed by atoms with Gasteiger partial charge in [0.1, 0.15) is 5.58 Å². The smallest absolute Gasteiger partial charge is 0.290 e. The predicted molar refractivity (Wildman–Crippen MR) is 79.3 cm³/mol. The molecule has 0 spiro atoms. The van der Waals surface area contributed by atoms with Gasteiger partial charge >= 0.3 is 0 Å². The molecule has 1 amide bonds. The third-order valence-electron chi connectivity index (χ3n) is 3.85. The van der Waals surface area contributed by atoms with E-state index in [0.717, 1.165) is 24.0 Å². The maximum absolute atomic E-state index is 12.7. The van der Waals surface area contributed by atoms with Crippen LogP contribution in [0.15, 0.2) is 22.6 Å². The molecule has 1 aromatic heterocycles. The minimum Gasteiger partial charge on any atom is -0.451 e. The van der Waals surface area contributed by atoms with Crippen molar-refractivity contribution in [2.24, 2.45) is 0 Å². The molecule has 0 saturated carbocycles. The normalized spacial score (nSPS) is 19.6. The largest absolute Gasteiger partial charge is 0.451 e. The highest BCUT2D eigenvalue weighted by Crippen LogP contribution is 2.29. The molecule has 0 bridgehead atoms. The van der Waals surface area contributed by atoms with Gasteiger partial charge < -0.3 is 14.6 Å². The van der Waals surface area contributed by atoms with Crippen LogP contribution in [-0.2, 0) is 0 Å². The Morgan fingerprint density at radius 2 is 2.30 bits per heavy atom. The van der Waals surface area contributed by atoms with Crippen LogP contribution in [0.4, 0.5) is 0 Å². The molecule has 1 atom stereocenters. The first-order chi connectivity index (χ1) is 9.58. The molecule has 2 heterocycles. The number of halogens is 1. The second-order valence-electron chi connectivity index (χ2n) is 5.25. The minimum atomic E-state index is -0.0381. The molecular formula is C15H17ClN2O2. The number of nitrogens with zero attached hydrogens (tertiary/aromatic N) is 1. The number of piperazine rings is 1. The lowest BCUT2D eigenvalue weighted by molar-refractivity contribution is 0.0624. The molecule has 5 heteroatoms. The number of furan rings is 1. The van der Waals surface area contributed by atoms with Crippen LogP contribution < -0.4 is 5.32 Å². The molecule has 1 aliphatic rings. The highest BCUT2D eigenvalue weighted by Gasteiger charge is 2.28. The molecule has 4 nitrogen and oxygen atoms in total. The number of hydrogen-bond acceptors (Lipinski definition) is 3. The molecule has 1 N–H and O–H groups in total. The van der Waals surface area contributed by atoms with Crippen LogP contribution in [0.25, 0.3) is 11.0 Å². The van der Waals surface area contributed by atoms with Crippen molar-refractivity contribution in [3.05, 3.63) is 34.5 Å². The fourth-order valence-electron chi connectivity index (χ4n) is 2.67. The van der Waals surface area contributed by atoms with E-state index in [1.54, 1.807) is 6.07 Å². The van der Waals surface area contributed by atoms with Crippen molar-refractivity contribution in [3.8, 4) is 0 Å². The molecule has 1 saturated heterocycles. The van der Waals surface area contributed by atoms with E-state index in [1.807, 2.05) is 30.9 Å². The van der Waals surface area contributed by atoms with Gasteiger partial charge in [-0.05, 0) is 32.0 Å². The van der Waals surface area contributed by atoms with Gasteiger partial charge in [0.2, 0.25) is 0 Å². The van der Waals surface area contributed by atoms with Crippen molar-refractivity contribution < 1.29 is 9.21 Å². The quantitative estimate of drug-likeness (QED) is 0.879. The molecule has 0 radical (unpaired) electrons. The zero-order valence-electron chi connectivity index (χ0n) is 11.6. The first-order valence-corrected chi connectivity index (χ1v) is 7.16. The maximum Gasteiger partial charge on any atom is 0.290 e. The van der Waals surface area contributed by atoms with Gasteiger partial charge in [-0.15, -0.1) is 0 Å². The van der Waals surface area contributed by atoms with E-state index in [-0.39, 0.29) is 11.9 Å². The highest BCUT2D eigenvalue weighted by molar-refractivity contribution is 6.31. The molecule has 3 rings (SSSR count). The summed E-state index contributed by atoms with van der Waals surface area (Å²) in [5, 5.41) is 4.83. The summed E-state index contributed by atoms with van der Waals surface area (Å²) in [6, 6.07) is 5.60. The van der Waals surface area contributed by atoms with Gasteiger partial charge in [-0.1, -0.05) is 11.6 Å². The Balaban J connectivity index is 2.01. The maximum atomic E-state index is 12.7. The van der Waals surface area contributed by atoms with Gasteiger partial charge in [0.15, 0.2) is 5.76 Å². The van der Waals surface area contributed by atoms with Gasteiger partial charge in [-0.2, -0.15) is 0 Å². The number of rotatable bonds is 1. The van der Waals surface area contributed by atoms with Crippen molar-refractivity contribution >= 4 is 28.5 Å². The Labute approximate surface area is 122 Å². The third-order valence-corrected chi connectivity index (χ3v) is 4.09. The van der Waals surface area contributed by atoms with Gasteiger partial charge in [-0.3, -0.25) is 4.79 Å². The second kappa shape index (κ2) is 5.11. The number of hydrogen-bond donors (Lipinski definition) is 1. The van der Waals surface area contributed by atoms with Crippen molar-refractivity contribution in [1.29, 1.82) is 0 Å². The Kier molecular flexibility index (Phi) is 3.44. The standard InChI is InChI=1S/C15H17ClN2O2/c1-9-8-17-5-6-18(9)15(19)14-10(2)12-7-11(16)3-4-13(12)20-14/h3-4,7,9,17H,5-6,8H2,1-2H3. The number of amides is 1. The van der Waals surface area contributed by atoms with Crippen LogP contribution in [0, 0.1) is 6.92 Å². The summed E-state index contributed by atoms with van der Waals surface area (Å²) in [5.74, 6) is 0.389. The summed E-state index contributed by atoms with van der Waals surface area (Å²) < 4.78 is 5.75. The first kappa shape index (κ1) is 13.5. The summed E-state index contributed by atoms with van der Waals surface area (Å²) in [4.78, 5) is 14.5. The zero-order valence-corrected chi connectivity index (χ0v) is 12.3. The summed E-state index contributed by atoms with van der Waals surface area (Å²) in [6.45, 7) is 6.29. The SMILES string of the molecule is Cc1c(C(=O)N2CCNCC2C)oc2ccc(Cl)cc12. The summed E-state index contributed by atoms with van der Waals surface area (Å²) in [5.41, 5.74) is 1.57. The van der Waals surface area contributed by atoms with Crippen molar-refractivity contribution in [2.75, 3.05) is 19.6 Å². The zero-order chi connectivity index (χ0) is 14.3. The first-order valence-electron chi connectivity index (χ1n) is 6.78. The molecule has 1 fully saturated rings. The van der Waals surface area contributed by atoms with Crippen LogP contribution in [0.3, 0.4) is 0 Å². The van der Waals surface area contributed by atoms with E-state index < -0.39 is 0 Å². The number of carbonyl (C=O) groups is 1. The lowest BCUT2D eigenvalue weighted by atomic mass is 10.1. The molecular weight excluding hydrogens is 276 g/mol. The van der Waals surface area contributed by atoms with E-state index in [1.165, 1.54) is 0 Å². The number of fused-ring (bicyclic) bond motifs is 1. The van der Waals surface area contributed by atoms with Crippen molar-refractivity contribution in [3.63, 3.8) is 0 Å². The number of aryl methyl sites for hydroxylation is 1. The number of benzene rings is 1. The van der Waals surface area contributed by atoms with Gasteiger partial charge in [-0.25, -0.2) is 0 Å². The molecule has 0 aliphatic carbocycles. The van der Waals surface area contributed by atoms with Crippen LogP contribution >= 0.6 is 11.6 Å². The fraction of sp³-hybridized carbons (Fsp3) is 0.400. The van der Waals surface area contributed by atoms with E-state index in [0.29, 0.717) is 22.9 Å². The molecule has 20 heavy (non-hydrogen) atoms. The number of carbonyl (C=O) groups excluding carboxylic acids is 1. The van der Waals surface area contributed by atoms with Crippen molar-refractivity contribution in [1.82, 2.24) is 10.2 Å². The highest BCUT2D eigenvalue weighted by atomic mass is 35.5. The second-order valence-corrected chi connectivity index (χ2v) is 5.68. The van der Waals surface area contributed by atoms with E-state index in [9.17, 15) is 4.79 Å². The monoisotopic (exact) mass is 292 g/mol. The van der Waals surface area contributed by atoms with Crippen LogP contribution in [0.1, 0.15) is 23.0 Å². The summed E-state index contributed by atoms with van der Waals surface area (Å²) in [6.07, 6.45) is 0.